The molecule has 0 radical (unpaired) electrons. The molecular weight excluding hydrogens is 398 g/mol. The monoisotopic (exact) mass is 429 g/mol. The van der Waals surface area contributed by atoms with Gasteiger partial charge in [-0.1, -0.05) is 19.3 Å². The zero-order valence-electron chi connectivity index (χ0n) is 17.7. The summed E-state index contributed by atoms with van der Waals surface area (Å²) in [5, 5.41) is 0.156. The summed E-state index contributed by atoms with van der Waals surface area (Å²) in [4.78, 5) is 11.0. The summed E-state index contributed by atoms with van der Waals surface area (Å²) in [6, 6.07) is 5.23. The van der Waals surface area contributed by atoms with Crippen LogP contribution in [0.5, 0.6) is 0 Å². The molecule has 8 heteroatoms. The van der Waals surface area contributed by atoms with Gasteiger partial charge in [-0.25, -0.2) is 13.4 Å². The van der Waals surface area contributed by atoms with Crippen LogP contribution in [0.1, 0.15) is 56.6 Å². The van der Waals surface area contributed by atoms with Gasteiger partial charge in [0.15, 0.2) is 5.03 Å². The number of piperidine rings is 1. The van der Waals surface area contributed by atoms with Crippen molar-refractivity contribution in [2.75, 3.05) is 19.6 Å². The quantitative estimate of drug-likeness (QED) is 0.747. The van der Waals surface area contributed by atoms with Crippen molar-refractivity contribution in [3.05, 3.63) is 42.6 Å². The number of hydrogen-bond donors (Lipinski definition) is 0. The smallest absolute Gasteiger partial charge is 0.262 e. The summed E-state index contributed by atoms with van der Waals surface area (Å²) in [6.45, 7) is 2.28. The van der Waals surface area contributed by atoms with E-state index in [2.05, 4.69) is 27.0 Å². The molecule has 5 rings (SSSR count). The van der Waals surface area contributed by atoms with E-state index in [9.17, 15) is 8.42 Å². The molecule has 0 N–H and O–H groups in total. The first kappa shape index (κ1) is 20.2. The van der Waals surface area contributed by atoms with Crippen molar-refractivity contribution < 1.29 is 8.42 Å². The Bertz CT molecular complexity index is 976. The maximum Gasteiger partial charge on any atom is 0.262 e. The minimum atomic E-state index is -3.50. The second-order valence-corrected chi connectivity index (χ2v) is 11.2. The Labute approximate surface area is 179 Å². The van der Waals surface area contributed by atoms with Crippen molar-refractivity contribution in [1.82, 2.24) is 23.7 Å². The number of likely N-dealkylation sites (tertiary alicyclic amines) is 1. The maximum atomic E-state index is 12.9. The molecule has 1 spiro atoms. The van der Waals surface area contributed by atoms with Gasteiger partial charge in [0, 0.05) is 62.8 Å². The Morgan fingerprint density at radius 3 is 2.40 bits per heavy atom. The summed E-state index contributed by atoms with van der Waals surface area (Å²) in [7, 11) is -1.70. The standard InChI is InChI=1S/C22H31N5O2S/c1-25-15-20(24-17-25)30(28,29)26-13-7-19(8-14-26)27-16-22(9-3-2-4-10-22)21(27)18-5-11-23-12-6-18/h5-6,11-12,15,17,19,21H,2-4,7-10,13-14,16H2,1H3. The second kappa shape index (κ2) is 7.73. The molecule has 2 aromatic heterocycles. The first-order valence-electron chi connectivity index (χ1n) is 11.1. The molecule has 1 atom stereocenters. The van der Waals surface area contributed by atoms with Crippen LogP contribution < -0.4 is 0 Å². The number of hydrogen-bond acceptors (Lipinski definition) is 5. The molecule has 1 saturated carbocycles. The van der Waals surface area contributed by atoms with Crippen LogP contribution in [0.15, 0.2) is 42.1 Å². The van der Waals surface area contributed by atoms with E-state index in [0.717, 1.165) is 19.4 Å². The Balaban J connectivity index is 1.31. The molecule has 7 nitrogen and oxygen atoms in total. The summed E-state index contributed by atoms with van der Waals surface area (Å²) in [5.74, 6) is 0. The average molecular weight is 430 g/mol. The van der Waals surface area contributed by atoms with Gasteiger partial charge in [0.1, 0.15) is 0 Å². The molecule has 1 unspecified atom stereocenters. The highest BCUT2D eigenvalue weighted by molar-refractivity contribution is 7.89. The van der Waals surface area contributed by atoms with Gasteiger partial charge in [-0.2, -0.15) is 4.31 Å². The van der Waals surface area contributed by atoms with Crippen molar-refractivity contribution in [2.24, 2.45) is 12.5 Å². The molecule has 2 saturated heterocycles. The molecule has 3 aliphatic rings. The fraction of sp³-hybridized carbons (Fsp3) is 0.636. The van der Waals surface area contributed by atoms with Gasteiger partial charge in [0.25, 0.3) is 10.0 Å². The minimum Gasteiger partial charge on any atom is -0.339 e. The third kappa shape index (κ3) is 3.39. The summed E-state index contributed by atoms with van der Waals surface area (Å²) < 4.78 is 29.1. The van der Waals surface area contributed by atoms with Gasteiger partial charge >= 0.3 is 0 Å². The Morgan fingerprint density at radius 1 is 1.07 bits per heavy atom. The van der Waals surface area contributed by atoms with Crippen LogP contribution in [0.3, 0.4) is 0 Å². The highest BCUT2D eigenvalue weighted by Crippen LogP contribution is 2.58. The van der Waals surface area contributed by atoms with E-state index in [1.165, 1.54) is 37.7 Å². The van der Waals surface area contributed by atoms with Crippen molar-refractivity contribution >= 4 is 10.0 Å². The van der Waals surface area contributed by atoms with Gasteiger partial charge in [-0.3, -0.25) is 9.88 Å². The Kier molecular flexibility index (Phi) is 5.19. The lowest BCUT2D eigenvalue weighted by Gasteiger charge is -2.62. The van der Waals surface area contributed by atoms with Gasteiger partial charge in [0.2, 0.25) is 0 Å². The summed E-state index contributed by atoms with van der Waals surface area (Å²) >= 11 is 0. The van der Waals surface area contributed by atoms with Crippen molar-refractivity contribution in [2.45, 2.75) is 62.1 Å². The number of pyridine rings is 1. The van der Waals surface area contributed by atoms with Crippen molar-refractivity contribution in [3.8, 4) is 0 Å². The van der Waals surface area contributed by atoms with Crippen molar-refractivity contribution in [1.29, 1.82) is 0 Å². The number of nitrogens with zero attached hydrogens (tertiary/aromatic N) is 5. The van der Waals surface area contributed by atoms with E-state index in [1.54, 1.807) is 28.4 Å². The molecule has 2 aliphatic heterocycles. The number of aromatic nitrogens is 3. The third-order valence-corrected chi connectivity index (χ3v) is 9.24. The Morgan fingerprint density at radius 2 is 1.77 bits per heavy atom. The zero-order valence-corrected chi connectivity index (χ0v) is 18.5. The van der Waals surface area contributed by atoms with Crippen LogP contribution in [0.2, 0.25) is 0 Å². The number of aryl methyl sites for hydroxylation is 1. The fourth-order valence-corrected chi connectivity index (χ4v) is 7.40. The van der Waals surface area contributed by atoms with Gasteiger partial charge in [-0.15, -0.1) is 0 Å². The van der Waals surface area contributed by atoms with Crippen LogP contribution in [0.25, 0.3) is 0 Å². The fourth-order valence-electron chi connectivity index (χ4n) is 5.97. The van der Waals surface area contributed by atoms with Crippen LogP contribution in [-0.2, 0) is 17.1 Å². The van der Waals surface area contributed by atoms with Crippen LogP contribution in [-0.4, -0.2) is 57.8 Å². The topological polar surface area (TPSA) is 71.3 Å². The largest absolute Gasteiger partial charge is 0.339 e. The highest BCUT2D eigenvalue weighted by Gasteiger charge is 2.55. The summed E-state index contributed by atoms with van der Waals surface area (Å²) in [5.41, 5.74) is 1.78. The first-order chi connectivity index (χ1) is 14.5. The molecule has 0 bridgehead atoms. The van der Waals surface area contributed by atoms with Gasteiger partial charge in [-0.05, 0) is 43.4 Å². The van der Waals surface area contributed by atoms with E-state index in [-0.39, 0.29) is 5.03 Å². The van der Waals surface area contributed by atoms with Gasteiger partial charge < -0.3 is 4.57 Å². The van der Waals surface area contributed by atoms with Crippen molar-refractivity contribution in [3.63, 3.8) is 0 Å². The number of sulfonamides is 1. The summed E-state index contributed by atoms with van der Waals surface area (Å²) in [6.07, 6.45) is 15.3. The Hall–Kier alpha value is -1.77. The van der Waals surface area contributed by atoms with Crippen LogP contribution in [0.4, 0.5) is 0 Å². The molecule has 0 aromatic carbocycles. The average Bonchev–Trinajstić information content (AvgIpc) is 3.21. The van der Waals surface area contributed by atoms with E-state index < -0.39 is 10.0 Å². The predicted octanol–water partition coefficient (Wildman–Crippen LogP) is 2.98. The van der Waals surface area contributed by atoms with Crippen LogP contribution >= 0.6 is 0 Å². The lowest BCUT2D eigenvalue weighted by molar-refractivity contribution is -0.131. The van der Waals surface area contributed by atoms with E-state index in [4.69, 9.17) is 0 Å². The molecule has 2 aromatic rings. The molecule has 162 valence electrons. The number of rotatable bonds is 4. The molecule has 3 fully saturated rings. The lowest BCUT2D eigenvalue weighted by Crippen LogP contribution is -2.63. The SMILES string of the molecule is Cn1cnc(S(=O)(=O)N2CCC(N3CC4(CCCCC4)C3c3ccncc3)CC2)c1. The normalized spacial score (nSPS) is 26.0. The highest BCUT2D eigenvalue weighted by atomic mass is 32.2. The third-order valence-electron chi connectivity index (χ3n) is 7.46. The second-order valence-electron chi connectivity index (χ2n) is 9.29. The molecular formula is C22H31N5O2S. The lowest BCUT2D eigenvalue weighted by atomic mass is 9.60. The van der Waals surface area contributed by atoms with E-state index in [1.807, 2.05) is 12.4 Å². The van der Waals surface area contributed by atoms with E-state index >= 15 is 0 Å². The predicted molar refractivity (Wildman–Crippen MR) is 114 cm³/mol. The number of imidazole rings is 1. The molecule has 30 heavy (non-hydrogen) atoms. The van der Waals surface area contributed by atoms with E-state index in [0.29, 0.717) is 30.6 Å². The molecule has 0 amide bonds. The molecule has 1 aliphatic carbocycles. The maximum absolute atomic E-state index is 12.9. The van der Waals surface area contributed by atoms with Gasteiger partial charge in [0.05, 0.1) is 6.33 Å². The first-order valence-corrected chi connectivity index (χ1v) is 12.6. The zero-order chi connectivity index (χ0) is 20.8. The van der Waals surface area contributed by atoms with Crippen LogP contribution in [0, 0.1) is 5.41 Å². The molecule has 4 heterocycles. The minimum absolute atomic E-state index is 0.156.